The highest BCUT2D eigenvalue weighted by Crippen LogP contribution is 2.24. The van der Waals surface area contributed by atoms with Crippen LogP contribution < -0.4 is 11.1 Å². The van der Waals surface area contributed by atoms with Crippen molar-refractivity contribution in [2.45, 2.75) is 26.8 Å². The Hall–Kier alpha value is -2.01. The van der Waals surface area contributed by atoms with Crippen molar-refractivity contribution in [3.8, 4) is 0 Å². The number of imidazole rings is 1. The first kappa shape index (κ1) is 14.4. The normalized spacial score (nSPS) is 10.6. The highest BCUT2D eigenvalue weighted by molar-refractivity contribution is 6.34. The maximum atomic E-state index is 11.9. The number of anilines is 2. The standard InChI is InChI=1S/C14H17ClN4O/c1-9-10(2)19(8-17-9)6-5-14(20)18-13-4-3-11(16)7-12(13)15/h3-4,7-8H,5-6,16H2,1-2H3,(H,18,20). The van der Waals surface area contributed by atoms with Crippen LogP contribution in [0.25, 0.3) is 0 Å². The van der Waals surface area contributed by atoms with Gasteiger partial charge in [0, 0.05) is 24.3 Å². The van der Waals surface area contributed by atoms with E-state index in [2.05, 4.69) is 10.3 Å². The van der Waals surface area contributed by atoms with Crippen molar-refractivity contribution in [1.29, 1.82) is 0 Å². The van der Waals surface area contributed by atoms with Crippen molar-refractivity contribution < 1.29 is 4.79 Å². The summed E-state index contributed by atoms with van der Waals surface area (Å²) in [5, 5.41) is 3.21. The van der Waals surface area contributed by atoms with Gasteiger partial charge in [-0.1, -0.05) is 11.6 Å². The van der Waals surface area contributed by atoms with Crippen LogP contribution in [0.15, 0.2) is 24.5 Å². The average molecular weight is 293 g/mol. The minimum Gasteiger partial charge on any atom is -0.399 e. The molecule has 2 aromatic rings. The van der Waals surface area contributed by atoms with Gasteiger partial charge in [-0.3, -0.25) is 4.79 Å². The van der Waals surface area contributed by atoms with E-state index in [0.717, 1.165) is 11.4 Å². The molecule has 1 amide bonds. The predicted molar refractivity (Wildman–Crippen MR) is 80.8 cm³/mol. The van der Waals surface area contributed by atoms with Crippen LogP contribution in [-0.4, -0.2) is 15.5 Å². The summed E-state index contributed by atoms with van der Waals surface area (Å²) in [6, 6.07) is 5.01. The lowest BCUT2D eigenvalue weighted by atomic mass is 10.2. The first-order valence-corrected chi connectivity index (χ1v) is 6.68. The monoisotopic (exact) mass is 292 g/mol. The summed E-state index contributed by atoms with van der Waals surface area (Å²) < 4.78 is 1.96. The molecule has 3 N–H and O–H groups in total. The Kier molecular flexibility index (Phi) is 4.29. The Labute approximate surface area is 122 Å². The molecule has 1 heterocycles. The average Bonchev–Trinajstić information content (AvgIpc) is 2.71. The van der Waals surface area contributed by atoms with Crippen molar-refractivity contribution in [2.75, 3.05) is 11.1 Å². The second kappa shape index (κ2) is 5.96. The van der Waals surface area contributed by atoms with Crippen LogP contribution in [-0.2, 0) is 11.3 Å². The molecule has 106 valence electrons. The highest BCUT2D eigenvalue weighted by Gasteiger charge is 2.08. The lowest BCUT2D eigenvalue weighted by molar-refractivity contribution is -0.116. The van der Waals surface area contributed by atoms with Gasteiger partial charge in [-0.25, -0.2) is 4.98 Å². The first-order chi connectivity index (χ1) is 9.47. The van der Waals surface area contributed by atoms with Gasteiger partial charge >= 0.3 is 0 Å². The third-order valence-electron chi connectivity index (χ3n) is 3.19. The molecular weight excluding hydrogens is 276 g/mol. The number of nitrogen functional groups attached to an aromatic ring is 1. The summed E-state index contributed by atoms with van der Waals surface area (Å²) >= 11 is 6.01. The largest absolute Gasteiger partial charge is 0.399 e. The molecule has 0 aliphatic heterocycles. The number of amides is 1. The molecule has 1 aromatic heterocycles. The van der Waals surface area contributed by atoms with Gasteiger partial charge in [0.1, 0.15) is 0 Å². The third-order valence-corrected chi connectivity index (χ3v) is 3.50. The fourth-order valence-corrected chi connectivity index (χ4v) is 2.07. The van der Waals surface area contributed by atoms with Crippen LogP contribution in [0.3, 0.4) is 0 Å². The van der Waals surface area contributed by atoms with Gasteiger partial charge in [0.25, 0.3) is 0 Å². The van der Waals surface area contributed by atoms with Gasteiger partial charge in [0.15, 0.2) is 0 Å². The van der Waals surface area contributed by atoms with Gasteiger partial charge < -0.3 is 15.6 Å². The molecule has 0 bridgehead atoms. The second-order valence-electron chi connectivity index (χ2n) is 4.65. The number of nitrogens with two attached hydrogens (primary N) is 1. The van der Waals surface area contributed by atoms with Crippen molar-refractivity contribution in [1.82, 2.24) is 9.55 Å². The molecule has 2 rings (SSSR count). The minimum atomic E-state index is -0.0950. The lowest BCUT2D eigenvalue weighted by Crippen LogP contribution is -2.15. The van der Waals surface area contributed by atoms with E-state index in [1.54, 1.807) is 24.5 Å². The van der Waals surface area contributed by atoms with Crippen LogP contribution in [0.1, 0.15) is 17.8 Å². The van der Waals surface area contributed by atoms with Crippen molar-refractivity contribution in [3.05, 3.63) is 40.9 Å². The minimum absolute atomic E-state index is 0.0950. The van der Waals surface area contributed by atoms with Gasteiger partial charge in [-0.15, -0.1) is 0 Å². The fourth-order valence-electron chi connectivity index (χ4n) is 1.84. The molecule has 0 radical (unpaired) electrons. The maximum absolute atomic E-state index is 11.9. The number of aromatic nitrogens is 2. The molecule has 20 heavy (non-hydrogen) atoms. The lowest BCUT2D eigenvalue weighted by Gasteiger charge is -2.09. The van der Waals surface area contributed by atoms with E-state index < -0.39 is 0 Å². The Morgan fingerprint density at radius 3 is 2.80 bits per heavy atom. The van der Waals surface area contributed by atoms with Crippen LogP contribution in [0, 0.1) is 13.8 Å². The topological polar surface area (TPSA) is 72.9 Å². The number of hydrogen-bond donors (Lipinski definition) is 2. The van der Waals surface area contributed by atoms with E-state index >= 15 is 0 Å². The number of carbonyl (C=O) groups is 1. The molecule has 1 aromatic carbocycles. The molecule has 0 spiro atoms. The van der Waals surface area contributed by atoms with Crippen molar-refractivity contribution in [2.24, 2.45) is 0 Å². The van der Waals surface area contributed by atoms with Gasteiger partial charge in [-0.2, -0.15) is 0 Å². The smallest absolute Gasteiger partial charge is 0.226 e. The van der Waals surface area contributed by atoms with E-state index in [0.29, 0.717) is 29.4 Å². The molecule has 0 aliphatic carbocycles. The molecular formula is C14H17ClN4O. The molecule has 0 saturated heterocycles. The Bertz CT molecular complexity index is 636. The van der Waals surface area contributed by atoms with E-state index in [9.17, 15) is 4.79 Å². The summed E-state index contributed by atoms with van der Waals surface area (Å²) in [5.74, 6) is -0.0950. The fraction of sp³-hybridized carbons (Fsp3) is 0.286. The summed E-state index contributed by atoms with van der Waals surface area (Å²) in [5.41, 5.74) is 8.80. The van der Waals surface area contributed by atoms with E-state index in [1.807, 2.05) is 18.4 Å². The van der Waals surface area contributed by atoms with Gasteiger partial charge in [0.2, 0.25) is 5.91 Å². The molecule has 0 saturated carbocycles. The summed E-state index contributed by atoms with van der Waals surface area (Å²) in [7, 11) is 0. The Balaban J connectivity index is 1.94. The van der Waals surface area contributed by atoms with E-state index in [4.69, 9.17) is 17.3 Å². The molecule has 5 nitrogen and oxygen atoms in total. The number of benzene rings is 1. The van der Waals surface area contributed by atoms with Crippen molar-refractivity contribution in [3.63, 3.8) is 0 Å². The highest BCUT2D eigenvalue weighted by atomic mass is 35.5. The number of aryl methyl sites for hydroxylation is 2. The van der Waals surface area contributed by atoms with Crippen LogP contribution in [0.2, 0.25) is 5.02 Å². The Morgan fingerprint density at radius 1 is 1.45 bits per heavy atom. The second-order valence-corrected chi connectivity index (χ2v) is 5.05. The van der Waals surface area contributed by atoms with Gasteiger partial charge in [-0.05, 0) is 32.0 Å². The molecule has 0 unspecified atom stereocenters. The molecule has 0 aliphatic rings. The van der Waals surface area contributed by atoms with Crippen LogP contribution in [0.5, 0.6) is 0 Å². The van der Waals surface area contributed by atoms with Crippen molar-refractivity contribution >= 4 is 28.9 Å². The summed E-state index contributed by atoms with van der Waals surface area (Å²) in [4.78, 5) is 16.1. The van der Waals surface area contributed by atoms with E-state index in [-0.39, 0.29) is 5.91 Å². The Morgan fingerprint density at radius 2 is 2.20 bits per heavy atom. The number of hydrogen-bond acceptors (Lipinski definition) is 3. The number of nitrogens with zero attached hydrogens (tertiary/aromatic N) is 2. The van der Waals surface area contributed by atoms with Crippen LogP contribution >= 0.6 is 11.6 Å². The number of rotatable bonds is 4. The zero-order chi connectivity index (χ0) is 14.7. The zero-order valence-electron chi connectivity index (χ0n) is 11.5. The predicted octanol–water partition coefficient (Wildman–Crippen LogP) is 2.76. The molecule has 0 atom stereocenters. The quantitative estimate of drug-likeness (QED) is 0.851. The number of nitrogens with one attached hydrogen (secondary N) is 1. The van der Waals surface area contributed by atoms with Crippen LogP contribution in [0.4, 0.5) is 11.4 Å². The molecule has 0 fully saturated rings. The summed E-state index contributed by atoms with van der Waals surface area (Å²) in [6.07, 6.45) is 2.10. The number of halogens is 1. The SMILES string of the molecule is Cc1ncn(CCC(=O)Nc2ccc(N)cc2Cl)c1C. The number of carbonyl (C=O) groups excluding carboxylic acids is 1. The molecule has 6 heteroatoms. The maximum Gasteiger partial charge on any atom is 0.226 e. The van der Waals surface area contributed by atoms with Gasteiger partial charge in [0.05, 0.1) is 22.7 Å². The third kappa shape index (κ3) is 3.30. The summed E-state index contributed by atoms with van der Waals surface area (Å²) in [6.45, 7) is 4.52. The zero-order valence-corrected chi connectivity index (χ0v) is 12.2. The van der Waals surface area contributed by atoms with E-state index in [1.165, 1.54) is 0 Å². The first-order valence-electron chi connectivity index (χ1n) is 6.30.